The number of nitrogens with two attached hydrogens (primary N) is 1. The second-order valence-electron chi connectivity index (χ2n) is 0.591. The molecule has 0 aromatic rings. The van der Waals surface area contributed by atoms with E-state index in [-0.39, 0.29) is 0 Å². The van der Waals surface area contributed by atoms with E-state index in [0.717, 1.165) is 0 Å². The number of ether oxygens (including phenoxy) is 1. The Morgan fingerprint density at radius 2 is 2.60 bits per heavy atom. The van der Waals surface area contributed by atoms with Gasteiger partial charge in [0.15, 0.2) is 0 Å². The molecule has 0 aromatic carbocycles. The van der Waals surface area contributed by atoms with Crippen LogP contribution in [0.15, 0.2) is 0 Å². The summed E-state index contributed by atoms with van der Waals surface area (Å²) in [6.07, 6.45) is 0. The third-order valence-corrected chi connectivity index (χ3v) is 0.263. The van der Waals surface area contributed by atoms with E-state index in [1.165, 1.54) is 6.73 Å². The highest BCUT2D eigenvalue weighted by molar-refractivity contribution is 4.24. The number of hydrogen-bond donors (Lipinski definition) is 1. The van der Waals surface area contributed by atoms with Crippen molar-refractivity contribution in [1.29, 1.82) is 0 Å². The molecule has 0 bridgehead atoms. The lowest BCUT2D eigenvalue weighted by Gasteiger charge is -1.85. The zero-order chi connectivity index (χ0) is 4.12. The Kier molecular flexibility index (Phi) is 3.86. The molecule has 2 nitrogen and oxygen atoms in total. The fraction of sp³-hybridized carbons (Fsp3) is 0.667. The zero-order valence-electron chi connectivity index (χ0n) is 3.27. The summed E-state index contributed by atoms with van der Waals surface area (Å²) in [5.74, 6) is 0. The highest BCUT2D eigenvalue weighted by Crippen LogP contribution is 1.64. The Morgan fingerprint density at radius 1 is 2.00 bits per heavy atom. The van der Waals surface area contributed by atoms with E-state index in [0.29, 0.717) is 6.61 Å². The molecule has 2 N–H and O–H groups in total. The summed E-state index contributed by atoms with van der Waals surface area (Å²) in [4.78, 5) is 0. The van der Waals surface area contributed by atoms with Crippen molar-refractivity contribution >= 4 is 0 Å². The van der Waals surface area contributed by atoms with Crippen LogP contribution in [-0.4, -0.2) is 6.61 Å². The second-order valence-corrected chi connectivity index (χ2v) is 0.591. The van der Waals surface area contributed by atoms with Gasteiger partial charge in [0.25, 0.3) is 0 Å². The summed E-state index contributed by atoms with van der Waals surface area (Å²) < 4.78 is 4.49. The third kappa shape index (κ3) is 3.92. The van der Waals surface area contributed by atoms with Gasteiger partial charge in [0.1, 0.15) is 6.73 Å². The van der Waals surface area contributed by atoms with Crippen LogP contribution in [0.2, 0.25) is 0 Å². The molecular formula is C3H8NO. The van der Waals surface area contributed by atoms with Gasteiger partial charge in [-0.3, -0.25) is 0 Å². The first-order valence-corrected chi connectivity index (χ1v) is 1.56. The molecule has 0 aliphatic carbocycles. The van der Waals surface area contributed by atoms with Crippen LogP contribution in [0.4, 0.5) is 0 Å². The molecule has 1 radical (unpaired) electrons. The summed E-state index contributed by atoms with van der Waals surface area (Å²) in [7, 11) is 0. The fourth-order valence-electron chi connectivity index (χ4n) is 0.0962. The average Bonchev–Trinajstić information content (AvgIpc) is 1.41. The van der Waals surface area contributed by atoms with Gasteiger partial charge in [-0.1, -0.05) is 0 Å². The highest BCUT2D eigenvalue weighted by Gasteiger charge is 1.65. The van der Waals surface area contributed by atoms with E-state index in [1.54, 1.807) is 0 Å². The first-order valence-electron chi connectivity index (χ1n) is 1.56. The van der Waals surface area contributed by atoms with Gasteiger partial charge < -0.3 is 10.5 Å². The van der Waals surface area contributed by atoms with Crippen LogP contribution in [-0.2, 0) is 4.74 Å². The molecular weight excluding hydrogens is 66.0 g/mol. The highest BCUT2D eigenvalue weighted by atomic mass is 16.5. The SMILES string of the molecule is CCO[CH]N. The predicted octanol–water partition coefficient (Wildman–Crippen LogP) is 0.101. The number of hydrogen-bond acceptors (Lipinski definition) is 2. The van der Waals surface area contributed by atoms with Gasteiger partial charge >= 0.3 is 0 Å². The topological polar surface area (TPSA) is 35.2 Å². The van der Waals surface area contributed by atoms with Gasteiger partial charge in [-0.05, 0) is 6.92 Å². The Hall–Kier alpha value is -0.0800. The van der Waals surface area contributed by atoms with Crippen molar-refractivity contribution < 1.29 is 4.74 Å². The van der Waals surface area contributed by atoms with Crippen LogP contribution in [0.3, 0.4) is 0 Å². The minimum atomic E-state index is 0.663. The van der Waals surface area contributed by atoms with Crippen LogP contribution >= 0.6 is 0 Å². The summed E-state index contributed by atoms with van der Waals surface area (Å²) in [5.41, 5.74) is 4.79. The van der Waals surface area contributed by atoms with E-state index < -0.39 is 0 Å². The van der Waals surface area contributed by atoms with Crippen LogP contribution in [0.25, 0.3) is 0 Å². The van der Waals surface area contributed by atoms with Gasteiger partial charge in [-0.15, -0.1) is 0 Å². The summed E-state index contributed by atoms with van der Waals surface area (Å²) in [6, 6.07) is 0. The molecule has 0 spiro atoms. The minimum absolute atomic E-state index is 0.663. The Bertz CT molecular complexity index is 14.4. The second kappa shape index (κ2) is 3.92. The smallest absolute Gasteiger partial charge is 0.145 e. The molecule has 0 heterocycles. The first-order chi connectivity index (χ1) is 2.41. The van der Waals surface area contributed by atoms with Crippen LogP contribution in [0, 0.1) is 6.73 Å². The molecule has 31 valence electrons. The fourth-order valence-corrected chi connectivity index (χ4v) is 0.0962. The summed E-state index contributed by atoms with van der Waals surface area (Å²) in [5, 5.41) is 0. The molecule has 0 saturated carbocycles. The predicted molar refractivity (Wildman–Crippen MR) is 20.1 cm³/mol. The normalized spacial score (nSPS) is 8.40. The Balaban J connectivity index is 2.19. The van der Waals surface area contributed by atoms with Gasteiger partial charge in [-0.2, -0.15) is 0 Å². The molecule has 0 amide bonds. The van der Waals surface area contributed by atoms with E-state index in [2.05, 4.69) is 4.74 Å². The standard InChI is InChI=1S/C3H8NO/c1-2-5-3-4/h3H,2,4H2,1H3. The minimum Gasteiger partial charge on any atom is -0.360 e. The van der Waals surface area contributed by atoms with Crippen molar-refractivity contribution in [3.8, 4) is 0 Å². The number of rotatable bonds is 2. The molecule has 2 heteroatoms. The van der Waals surface area contributed by atoms with E-state index >= 15 is 0 Å². The third-order valence-electron chi connectivity index (χ3n) is 0.263. The average molecular weight is 74.1 g/mol. The Labute approximate surface area is 31.9 Å². The van der Waals surface area contributed by atoms with E-state index in [1.807, 2.05) is 6.92 Å². The van der Waals surface area contributed by atoms with Crippen molar-refractivity contribution in [1.82, 2.24) is 0 Å². The molecule has 0 fully saturated rings. The molecule has 0 saturated heterocycles. The van der Waals surface area contributed by atoms with E-state index in [4.69, 9.17) is 5.73 Å². The quantitative estimate of drug-likeness (QED) is 0.504. The van der Waals surface area contributed by atoms with E-state index in [9.17, 15) is 0 Å². The van der Waals surface area contributed by atoms with Crippen molar-refractivity contribution in [3.05, 3.63) is 6.73 Å². The van der Waals surface area contributed by atoms with Gasteiger partial charge in [0.2, 0.25) is 0 Å². The molecule has 0 unspecified atom stereocenters. The van der Waals surface area contributed by atoms with Crippen molar-refractivity contribution in [2.75, 3.05) is 6.61 Å². The van der Waals surface area contributed by atoms with Crippen molar-refractivity contribution in [3.63, 3.8) is 0 Å². The lowest BCUT2D eigenvalue weighted by Crippen LogP contribution is -1.94. The molecule has 0 aliphatic heterocycles. The lowest BCUT2D eigenvalue weighted by molar-refractivity contribution is 0.216. The van der Waals surface area contributed by atoms with Gasteiger partial charge in [0.05, 0.1) is 0 Å². The first kappa shape index (κ1) is 4.92. The summed E-state index contributed by atoms with van der Waals surface area (Å²) >= 11 is 0. The molecule has 0 aromatic heterocycles. The van der Waals surface area contributed by atoms with Crippen molar-refractivity contribution in [2.45, 2.75) is 6.92 Å². The molecule has 5 heavy (non-hydrogen) atoms. The zero-order valence-corrected chi connectivity index (χ0v) is 3.27. The van der Waals surface area contributed by atoms with Crippen LogP contribution < -0.4 is 5.73 Å². The maximum absolute atomic E-state index is 4.79. The van der Waals surface area contributed by atoms with Gasteiger partial charge in [-0.25, -0.2) is 0 Å². The Morgan fingerprint density at radius 3 is 2.60 bits per heavy atom. The van der Waals surface area contributed by atoms with Gasteiger partial charge in [0, 0.05) is 6.61 Å². The maximum Gasteiger partial charge on any atom is 0.145 e. The molecule has 0 aliphatic rings. The van der Waals surface area contributed by atoms with Crippen LogP contribution in [0.5, 0.6) is 0 Å². The van der Waals surface area contributed by atoms with Crippen LogP contribution in [0.1, 0.15) is 6.92 Å². The summed E-state index contributed by atoms with van der Waals surface area (Å²) in [6.45, 7) is 3.72. The maximum atomic E-state index is 4.79. The monoisotopic (exact) mass is 74.1 g/mol. The molecule has 0 rings (SSSR count). The largest absolute Gasteiger partial charge is 0.360 e. The lowest BCUT2D eigenvalue weighted by atomic mass is 10.9. The molecule has 0 atom stereocenters. The van der Waals surface area contributed by atoms with Crippen molar-refractivity contribution in [2.24, 2.45) is 5.73 Å².